The van der Waals surface area contributed by atoms with E-state index in [1.54, 1.807) is 28.4 Å². The minimum absolute atomic E-state index is 0. The van der Waals surface area contributed by atoms with Crippen LogP contribution in [-0.4, -0.2) is 120 Å². The predicted molar refractivity (Wildman–Crippen MR) is 212 cm³/mol. The molecule has 0 aliphatic carbocycles. The fraction of sp³-hybridized carbons (Fsp3) is 0.865. The van der Waals surface area contributed by atoms with Crippen LogP contribution in [0, 0.1) is 11.8 Å². The van der Waals surface area contributed by atoms with E-state index < -0.39 is 0 Å². The van der Waals surface area contributed by atoms with Gasteiger partial charge in [-0.2, -0.15) is 11.8 Å². The summed E-state index contributed by atoms with van der Waals surface area (Å²) in [6.07, 6.45) is 14.7. The van der Waals surface area contributed by atoms with Gasteiger partial charge in [0.2, 0.25) is 0 Å². The van der Waals surface area contributed by atoms with E-state index in [2.05, 4.69) is 67.2 Å². The van der Waals surface area contributed by atoms with Crippen molar-refractivity contribution in [3.05, 3.63) is 30.1 Å². The predicted octanol–water partition coefficient (Wildman–Crippen LogP) is 8.82. The zero-order chi connectivity index (χ0) is 33.8. The van der Waals surface area contributed by atoms with Crippen molar-refractivity contribution in [3.63, 3.8) is 0 Å². The van der Waals surface area contributed by atoms with Crippen molar-refractivity contribution in [2.75, 3.05) is 106 Å². The summed E-state index contributed by atoms with van der Waals surface area (Å²) in [4.78, 5) is 9.00. The van der Waals surface area contributed by atoms with Crippen LogP contribution in [0.25, 0.3) is 0 Å². The quantitative estimate of drug-likeness (QED) is 0.110. The van der Waals surface area contributed by atoms with E-state index in [9.17, 15) is 0 Å². The fourth-order valence-electron chi connectivity index (χ4n) is 4.57. The first-order chi connectivity index (χ1) is 21.9. The third-order valence-electron chi connectivity index (χ3n) is 8.08. The molecular formula is C37H77Cl2N3O4S. The molecule has 2 heterocycles. The molecule has 1 atom stereocenters. The molecule has 284 valence electrons. The maximum atomic E-state index is 5.00. The highest BCUT2D eigenvalue weighted by atomic mass is 35.5. The van der Waals surface area contributed by atoms with E-state index in [1.807, 2.05) is 18.5 Å². The second kappa shape index (κ2) is 43.9. The number of hydrogen-bond acceptors (Lipinski definition) is 8. The number of ether oxygens (including phenoxy) is 4. The van der Waals surface area contributed by atoms with Crippen LogP contribution in [0.15, 0.2) is 24.5 Å². The molecule has 0 radical (unpaired) electrons. The Balaban J connectivity index is -0.000000260. The lowest BCUT2D eigenvalue weighted by atomic mass is 9.93. The van der Waals surface area contributed by atoms with Crippen molar-refractivity contribution in [1.82, 2.24) is 14.8 Å². The number of halogens is 2. The van der Waals surface area contributed by atoms with Gasteiger partial charge >= 0.3 is 0 Å². The average molecular weight is 731 g/mol. The van der Waals surface area contributed by atoms with Gasteiger partial charge in [-0.1, -0.05) is 59.9 Å². The first-order valence-corrected chi connectivity index (χ1v) is 18.9. The molecule has 1 saturated heterocycles. The number of aromatic nitrogens is 1. The molecule has 1 aliphatic heterocycles. The van der Waals surface area contributed by atoms with Gasteiger partial charge in [-0.15, -0.1) is 24.8 Å². The molecule has 0 bridgehead atoms. The lowest BCUT2D eigenvalue weighted by Crippen LogP contribution is -2.33. The van der Waals surface area contributed by atoms with Crippen molar-refractivity contribution in [2.45, 2.75) is 92.4 Å². The maximum Gasteiger partial charge on any atom is 0.0474 e. The Kier molecular flexibility index (Phi) is 50.0. The Morgan fingerprint density at radius 1 is 0.766 bits per heavy atom. The lowest BCUT2D eigenvalue weighted by Gasteiger charge is -2.25. The van der Waals surface area contributed by atoms with Crippen molar-refractivity contribution in [2.24, 2.45) is 11.8 Å². The number of methoxy groups -OCH3 is 4. The molecule has 0 aromatic carbocycles. The molecule has 0 saturated carbocycles. The number of rotatable bonds is 22. The Labute approximate surface area is 309 Å². The van der Waals surface area contributed by atoms with Crippen LogP contribution in [0.4, 0.5) is 0 Å². The molecule has 1 fully saturated rings. The smallest absolute Gasteiger partial charge is 0.0474 e. The molecule has 7 nitrogen and oxygen atoms in total. The summed E-state index contributed by atoms with van der Waals surface area (Å²) in [6.45, 7) is 22.1. The normalized spacial score (nSPS) is 13.2. The molecule has 0 amide bonds. The van der Waals surface area contributed by atoms with Gasteiger partial charge in [0.05, 0.1) is 0 Å². The number of nitrogens with zero attached hydrogens (tertiary/aromatic N) is 3. The molecule has 2 rings (SSSR count). The van der Waals surface area contributed by atoms with Gasteiger partial charge in [0.25, 0.3) is 0 Å². The minimum atomic E-state index is 0. The molecule has 0 spiro atoms. The second-order valence-electron chi connectivity index (χ2n) is 12.0. The number of pyridine rings is 1. The van der Waals surface area contributed by atoms with Crippen molar-refractivity contribution < 1.29 is 18.9 Å². The van der Waals surface area contributed by atoms with Gasteiger partial charge in [-0.25, -0.2) is 0 Å². The van der Waals surface area contributed by atoms with E-state index in [4.69, 9.17) is 18.9 Å². The Morgan fingerprint density at radius 2 is 1.32 bits per heavy atom. The largest absolute Gasteiger partial charge is 0.385 e. The average Bonchev–Trinajstić information content (AvgIpc) is 3.07. The first-order valence-electron chi connectivity index (χ1n) is 17.8. The molecule has 1 unspecified atom stereocenters. The van der Waals surface area contributed by atoms with Gasteiger partial charge < -0.3 is 28.7 Å². The third-order valence-corrected chi connectivity index (χ3v) is 9.02. The van der Waals surface area contributed by atoms with Gasteiger partial charge in [-0.05, 0) is 75.1 Å². The maximum absolute atomic E-state index is 5.00. The van der Waals surface area contributed by atoms with Crippen molar-refractivity contribution in [3.8, 4) is 0 Å². The standard InChI is InChI=1S/C11H17NO.C10H22O.C8H17NOS.C8H19NO.2ClH/c1-13-9-4-2-3-6-11-7-5-8-12-10-11;1-9(2)10(3)7-5-6-8-11-4;1-10-6-2-3-9-4-7-11-8-5-9;1-4-9(5-2)7-6-8-10-3;;/h5,7-8,10H,2-4,6,9H2,1H3;9-10H,5-8H2,1-4H3;2-8H2,1H3;4-8H2,1-3H3;2*1H. The first kappa shape index (κ1) is 53.6. The Hall–Kier alpha value is -0.160. The van der Waals surface area contributed by atoms with E-state index >= 15 is 0 Å². The summed E-state index contributed by atoms with van der Waals surface area (Å²) in [5.74, 6) is 4.32. The number of thioether (sulfide) groups is 1. The lowest BCUT2D eigenvalue weighted by molar-refractivity contribution is 0.175. The van der Waals surface area contributed by atoms with Crippen LogP contribution in [0.2, 0.25) is 0 Å². The highest BCUT2D eigenvalue weighted by Gasteiger charge is 2.08. The van der Waals surface area contributed by atoms with Gasteiger partial charge in [0.15, 0.2) is 0 Å². The van der Waals surface area contributed by atoms with Gasteiger partial charge in [0.1, 0.15) is 0 Å². The highest BCUT2D eigenvalue weighted by Crippen LogP contribution is 2.16. The van der Waals surface area contributed by atoms with E-state index in [0.29, 0.717) is 0 Å². The summed E-state index contributed by atoms with van der Waals surface area (Å²) in [6, 6.07) is 4.12. The highest BCUT2D eigenvalue weighted by molar-refractivity contribution is 7.99. The van der Waals surface area contributed by atoms with Crippen LogP contribution in [-0.2, 0) is 25.4 Å². The van der Waals surface area contributed by atoms with Crippen LogP contribution in [0.5, 0.6) is 0 Å². The molecular weight excluding hydrogens is 653 g/mol. The zero-order valence-corrected chi connectivity index (χ0v) is 34.5. The van der Waals surface area contributed by atoms with E-state index in [1.165, 1.54) is 81.8 Å². The fourth-order valence-corrected chi connectivity index (χ4v) is 5.55. The second-order valence-corrected chi connectivity index (χ2v) is 13.3. The number of hydrogen-bond donors (Lipinski definition) is 0. The van der Waals surface area contributed by atoms with Gasteiger partial charge in [0, 0.05) is 105 Å². The van der Waals surface area contributed by atoms with Gasteiger partial charge in [-0.3, -0.25) is 4.98 Å². The monoisotopic (exact) mass is 730 g/mol. The van der Waals surface area contributed by atoms with E-state index in [0.717, 1.165) is 70.6 Å². The van der Waals surface area contributed by atoms with Crippen LogP contribution in [0.1, 0.15) is 91.5 Å². The molecule has 0 N–H and O–H groups in total. The summed E-state index contributed by atoms with van der Waals surface area (Å²) in [5.41, 5.74) is 1.33. The Morgan fingerprint density at radius 3 is 1.83 bits per heavy atom. The minimum Gasteiger partial charge on any atom is -0.385 e. The number of aryl methyl sites for hydroxylation is 1. The topological polar surface area (TPSA) is 56.3 Å². The van der Waals surface area contributed by atoms with Crippen LogP contribution < -0.4 is 0 Å². The third kappa shape index (κ3) is 40.2. The summed E-state index contributed by atoms with van der Waals surface area (Å²) in [5, 5.41) is 0. The molecule has 1 aromatic heterocycles. The molecule has 1 aromatic rings. The summed E-state index contributed by atoms with van der Waals surface area (Å²) >= 11 is 2.06. The summed E-state index contributed by atoms with van der Waals surface area (Å²) in [7, 11) is 7.04. The van der Waals surface area contributed by atoms with E-state index in [-0.39, 0.29) is 24.8 Å². The zero-order valence-electron chi connectivity index (χ0n) is 32.0. The molecule has 1 aliphatic rings. The Bertz CT molecular complexity index is 674. The molecule has 47 heavy (non-hydrogen) atoms. The SMILES string of the molecule is CCN(CC)CCCOC.COCCCCC(C)C(C)C.COCCCCCc1cccnc1.COCCCN1CCSCC1.Cl.Cl. The van der Waals surface area contributed by atoms with Crippen LogP contribution in [0.3, 0.4) is 0 Å². The summed E-state index contributed by atoms with van der Waals surface area (Å²) < 4.78 is 19.9. The van der Waals surface area contributed by atoms with Crippen LogP contribution >= 0.6 is 36.6 Å². The van der Waals surface area contributed by atoms with Crippen molar-refractivity contribution in [1.29, 1.82) is 0 Å². The van der Waals surface area contributed by atoms with Crippen molar-refractivity contribution >= 4 is 36.6 Å². The molecule has 10 heteroatoms. The number of unbranched alkanes of at least 4 members (excludes halogenated alkanes) is 3.